The molecular weight excluding hydrogens is 162 g/mol. The molecule has 0 atom stereocenters. The summed E-state index contributed by atoms with van der Waals surface area (Å²) in [6, 6.07) is 12.4. The van der Waals surface area contributed by atoms with Gasteiger partial charge in [-0.25, -0.2) is 0 Å². The summed E-state index contributed by atoms with van der Waals surface area (Å²) in [5, 5.41) is 11.0. The van der Waals surface area contributed by atoms with Gasteiger partial charge in [0.2, 0.25) is 0 Å². The minimum Gasteiger partial charge on any atom is -0.290 e. The number of rotatable bonds is 1. The predicted molar refractivity (Wildman–Crippen MR) is 49.8 cm³/mol. The molecule has 0 unspecified atom stereocenters. The number of nitrogens with zero attached hydrogens (tertiary/aromatic N) is 1. The summed E-state index contributed by atoms with van der Waals surface area (Å²) in [6.07, 6.45) is 1.72. The summed E-state index contributed by atoms with van der Waals surface area (Å²) < 4.78 is 0. The smallest absolute Gasteiger partial charge is 0.179 e. The zero-order chi connectivity index (χ0) is 9.10. The van der Waals surface area contributed by atoms with Crippen LogP contribution in [0.3, 0.4) is 0 Å². The van der Waals surface area contributed by atoms with E-state index in [1.165, 1.54) is 6.07 Å². The topological polar surface area (TPSA) is 32.8 Å². The zero-order valence-electron chi connectivity index (χ0n) is 6.97. The molecule has 2 heteroatoms. The molecule has 0 fully saturated rings. The maximum atomic E-state index is 11.0. The van der Waals surface area contributed by atoms with E-state index in [2.05, 4.69) is 4.98 Å². The Morgan fingerprint density at radius 2 is 1.92 bits per heavy atom. The molecule has 0 bridgehead atoms. The van der Waals surface area contributed by atoms with Crippen molar-refractivity contribution in [1.82, 2.24) is 4.98 Å². The molecule has 1 heterocycles. The molecule has 0 N–H and O–H groups in total. The molecule has 2 nitrogen and oxygen atoms in total. The second-order valence-corrected chi connectivity index (χ2v) is 2.74. The Morgan fingerprint density at radius 3 is 2.62 bits per heavy atom. The van der Waals surface area contributed by atoms with Crippen LogP contribution in [-0.4, -0.2) is 4.98 Å². The lowest BCUT2D eigenvalue weighted by Gasteiger charge is -1.98. The highest BCUT2D eigenvalue weighted by Gasteiger charge is 1.98. The fourth-order valence-corrected chi connectivity index (χ4v) is 1.19. The van der Waals surface area contributed by atoms with Crippen molar-refractivity contribution in [1.29, 1.82) is 0 Å². The summed E-state index contributed by atoms with van der Waals surface area (Å²) in [4.78, 5) is 4.15. The minimum atomic E-state index is 0.0168. The quantitative estimate of drug-likeness (QED) is 0.647. The molecule has 1 aromatic carbocycles. The zero-order valence-corrected chi connectivity index (χ0v) is 6.97. The number of hydrogen-bond donors (Lipinski definition) is 0. The predicted octanol–water partition coefficient (Wildman–Crippen LogP) is 2.89. The summed E-state index contributed by atoms with van der Waals surface area (Å²) in [5.41, 5.74) is 1.70. The Bertz CT molecular complexity index is 398. The normalized spacial score (nSPS) is 9.85. The highest BCUT2D eigenvalue weighted by molar-refractivity contribution is 5.60. The first kappa shape index (κ1) is 7.80. The van der Waals surface area contributed by atoms with Crippen molar-refractivity contribution in [3.63, 3.8) is 0 Å². The van der Waals surface area contributed by atoms with Crippen LogP contribution in [-0.2, 0) is 5.11 Å². The first-order valence-electron chi connectivity index (χ1n) is 4.05. The van der Waals surface area contributed by atoms with Crippen LogP contribution < -0.4 is 0 Å². The van der Waals surface area contributed by atoms with Crippen LogP contribution in [0.4, 0.5) is 0 Å². The standard InChI is InChI=1S/C11H8NO/c13-10-5-3-4-9(8-10)11-6-1-2-7-12-11/h1-8H. The van der Waals surface area contributed by atoms with Gasteiger partial charge in [0.25, 0.3) is 0 Å². The Labute approximate surface area is 76.5 Å². The molecule has 63 valence electrons. The molecule has 0 saturated heterocycles. The average molecular weight is 170 g/mol. The molecule has 0 aliphatic carbocycles. The maximum Gasteiger partial charge on any atom is 0.179 e. The van der Waals surface area contributed by atoms with Gasteiger partial charge in [0.15, 0.2) is 5.75 Å². The van der Waals surface area contributed by atoms with Crippen LogP contribution in [0, 0.1) is 0 Å². The monoisotopic (exact) mass is 170 g/mol. The van der Waals surface area contributed by atoms with Crippen LogP contribution in [0.1, 0.15) is 0 Å². The van der Waals surface area contributed by atoms with Crippen LogP contribution in [0.15, 0.2) is 48.7 Å². The van der Waals surface area contributed by atoms with E-state index in [0.29, 0.717) is 0 Å². The van der Waals surface area contributed by atoms with Crippen molar-refractivity contribution in [2.75, 3.05) is 0 Å². The third kappa shape index (κ3) is 1.67. The molecule has 1 radical (unpaired) electrons. The van der Waals surface area contributed by atoms with Crippen LogP contribution in [0.5, 0.6) is 5.75 Å². The van der Waals surface area contributed by atoms with Crippen molar-refractivity contribution in [3.8, 4) is 17.0 Å². The first-order chi connectivity index (χ1) is 6.36. The molecule has 0 aliphatic heterocycles. The fraction of sp³-hybridized carbons (Fsp3) is 0. The van der Waals surface area contributed by atoms with Gasteiger partial charge in [0.1, 0.15) is 0 Å². The molecule has 0 amide bonds. The van der Waals surface area contributed by atoms with E-state index in [1.54, 1.807) is 18.3 Å². The van der Waals surface area contributed by atoms with Crippen LogP contribution in [0.25, 0.3) is 11.3 Å². The summed E-state index contributed by atoms with van der Waals surface area (Å²) in [6.45, 7) is 0. The van der Waals surface area contributed by atoms with Gasteiger partial charge in [-0.15, -0.1) is 0 Å². The van der Waals surface area contributed by atoms with Crippen LogP contribution in [0.2, 0.25) is 0 Å². The Morgan fingerprint density at radius 1 is 1.00 bits per heavy atom. The second kappa shape index (κ2) is 3.27. The molecule has 2 aromatic rings. The Hall–Kier alpha value is -1.83. The third-order valence-electron chi connectivity index (χ3n) is 1.79. The van der Waals surface area contributed by atoms with E-state index >= 15 is 0 Å². The van der Waals surface area contributed by atoms with E-state index in [9.17, 15) is 5.11 Å². The van der Waals surface area contributed by atoms with Crippen molar-refractivity contribution in [2.45, 2.75) is 0 Å². The Kier molecular flexibility index (Phi) is 1.96. The van der Waals surface area contributed by atoms with Crippen LogP contribution >= 0.6 is 0 Å². The maximum absolute atomic E-state index is 11.0. The molecule has 0 saturated carbocycles. The molecule has 1 aromatic heterocycles. The van der Waals surface area contributed by atoms with E-state index < -0.39 is 0 Å². The van der Waals surface area contributed by atoms with E-state index in [0.717, 1.165) is 11.3 Å². The number of aromatic nitrogens is 1. The van der Waals surface area contributed by atoms with Gasteiger partial charge < -0.3 is 0 Å². The largest absolute Gasteiger partial charge is 0.290 e. The van der Waals surface area contributed by atoms with Gasteiger partial charge in [0.05, 0.1) is 5.69 Å². The van der Waals surface area contributed by atoms with Gasteiger partial charge in [-0.2, -0.15) is 0 Å². The molecular formula is C11H8NO. The Balaban J connectivity index is 2.48. The van der Waals surface area contributed by atoms with Gasteiger partial charge in [-0.3, -0.25) is 10.1 Å². The summed E-state index contributed by atoms with van der Waals surface area (Å²) in [7, 11) is 0. The van der Waals surface area contributed by atoms with Crippen molar-refractivity contribution >= 4 is 0 Å². The van der Waals surface area contributed by atoms with E-state index in [1.807, 2.05) is 24.3 Å². The number of hydrogen-bond acceptors (Lipinski definition) is 1. The third-order valence-corrected chi connectivity index (χ3v) is 1.79. The van der Waals surface area contributed by atoms with Crippen molar-refractivity contribution < 1.29 is 5.11 Å². The number of benzene rings is 1. The van der Waals surface area contributed by atoms with Gasteiger partial charge in [0, 0.05) is 11.8 Å². The SMILES string of the molecule is [O]c1cccc(-c2ccccn2)c1. The first-order valence-corrected chi connectivity index (χ1v) is 4.05. The van der Waals surface area contributed by atoms with E-state index in [4.69, 9.17) is 0 Å². The summed E-state index contributed by atoms with van der Waals surface area (Å²) in [5.74, 6) is 0.0168. The minimum absolute atomic E-state index is 0.0168. The fourth-order valence-electron chi connectivity index (χ4n) is 1.19. The van der Waals surface area contributed by atoms with Gasteiger partial charge in [-0.05, 0) is 24.3 Å². The van der Waals surface area contributed by atoms with Gasteiger partial charge >= 0.3 is 0 Å². The lowest BCUT2D eigenvalue weighted by Crippen LogP contribution is -1.80. The van der Waals surface area contributed by atoms with Gasteiger partial charge in [-0.1, -0.05) is 18.2 Å². The average Bonchev–Trinajstić information content (AvgIpc) is 2.19. The molecule has 0 spiro atoms. The lowest BCUT2D eigenvalue weighted by molar-refractivity contribution is 0.355. The molecule has 0 aliphatic rings. The molecule has 13 heavy (non-hydrogen) atoms. The van der Waals surface area contributed by atoms with E-state index in [-0.39, 0.29) is 5.75 Å². The highest BCUT2D eigenvalue weighted by Crippen LogP contribution is 2.20. The summed E-state index contributed by atoms with van der Waals surface area (Å²) >= 11 is 0. The van der Waals surface area contributed by atoms with Crippen molar-refractivity contribution in [2.24, 2.45) is 0 Å². The number of pyridine rings is 1. The van der Waals surface area contributed by atoms with Crippen molar-refractivity contribution in [3.05, 3.63) is 48.7 Å². The lowest BCUT2D eigenvalue weighted by atomic mass is 10.1. The molecule has 2 rings (SSSR count). The second-order valence-electron chi connectivity index (χ2n) is 2.74. The highest BCUT2D eigenvalue weighted by atomic mass is 16.3.